The van der Waals surface area contributed by atoms with Crippen LogP contribution in [0.25, 0.3) is 0 Å². The van der Waals surface area contributed by atoms with E-state index in [-0.39, 0.29) is 11.3 Å². The van der Waals surface area contributed by atoms with Gasteiger partial charge in [0.15, 0.2) is 0 Å². The molecule has 0 aliphatic rings. The van der Waals surface area contributed by atoms with Crippen molar-refractivity contribution in [1.82, 2.24) is 9.88 Å². The summed E-state index contributed by atoms with van der Waals surface area (Å²) < 4.78 is 0. The molecule has 0 saturated heterocycles. The van der Waals surface area contributed by atoms with E-state index in [9.17, 15) is 4.79 Å². The molecule has 0 saturated carbocycles. The van der Waals surface area contributed by atoms with E-state index in [1.807, 2.05) is 42.3 Å². The molecule has 0 radical (unpaired) electrons. The highest BCUT2D eigenvalue weighted by Gasteiger charge is 2.18. The molecule has 4 nitrogen and oxygen atoms in total. The first-order chi connectivity index (χ1) is 11.4. The van der Waals surface area contributed by atoms with Gasteiger partial charge in [-0.15, -0.1) is 0 Å². The van der Waals surface area contributed by atoms with Crippen LogP contribution in [0.2, 0.25) is 0 Å². The van der Waals surface area contributed by atoms with Crippen LogP contribution in [0, 0.1) is 0 Å². The van der Waals surface area contributed by atoms with Gasteiger partial charge < -0.3 is 5.32 Å². The number of carbonyl (C=O) groups excluding carboxylic acids is 1. The lowest BCUT2D eigenvalue weighted by atomic mass is 9.86. The Hall–Kier alpha value is -2.20. The van der Waals surface area contributed by atoms with Gasteiger partial charge in [-0.25, -0.2) is 0 Å². The topological polar surface area (TPSA) is 45.2 Å². The molecule has 4 heteroatoms. The maximum atomic E-state index is 12.4. The van der Waals surface area contributed by atoms with Gasteiger partial charge in [-0.3, -0.25) is 14.7 Å². The lowest BCUT2D eigenvalue weighted by molar-refractivity contribution is -0.117. The molecule has 2 aromatic rings. The smallest absolute Gasteiger partial charge is 0.238 e. The third kappa shape index (κ3) is 5.46. The van der Waals surface area contributed by atoms with Crippen molar-refractivity contribution in [1.29, 1.82) is 0 Å². The quantitative estimate of drug-likeness (QED) is 0.884. The number of nitrogens with one attached hydrogen (secondary N) is 1. The van der Waals surface area contributed by atoms with Crippen LogP contribution in [0.5, 0.6) is 0 Å². The van der Waals surface area contributed by atoms with E-state index in [1.165, 1.54) is 5.56 Å². The Labute approximate surface area is 144 Å². The van der Waals surface area contributed by atoms with E-state index in [4.69, 9.17) is 0 Å². The summed E-state index contributed by atoms with van der Waals surface area (Å²) in [6.45, 7) is 7.67. The van der Waals surface area contributed by atoms with Gasteiger partial charge in [-0.1, -0.05) is 39.0 Å². The number of pyridine rings is 1. The summed E-state index contributed by atoms with van der Waals surface area (Å²) in [5.41, 5.74) is 3.28. The zero-order valence-corrected chi connectivity index (χ0v) is 15.0. The maximum absolute atomic E-state index is 12.4. The molecule has 0 aliphatic heterocycles. The van der Waals surface area contributed by atoms with Crippen LogP contribution in [0.3, 0.4) is 0 Å². The number of rotatable bonds is 6. The van der Waals surface area contributed by atoms with Crippen LogP contribution >= 0.6 is 0 Å². The van der Waals surface area contributed by atoms with Gasteiger partial charge in [0.05, 0.1) is 6.54 Å². The van der Waals surface area contributed by atoms with Crippen LogP contribution in [0.4, 0.5) is 5.69 Å². The second-order valence-electron chi connectivity index (χ2n) is 7.19. The number of hydrogen-bond donors (Lipinski definition) is 1. The molecule has 1 aromatic carbocycles. The van der Waals surface area contributed by atoms with Crippen LogP contribution < -0.4 is 5.32 Å². The second-order valence-corrected chi connectivity index (χ2v) is 7.19. The summed E-state index contributed by atoms with van der Waals surface area (Å²) in [6, 6.07) is 12.0. The third-order valence-corrected chi connectivity index (χ3v) is 3.95. The average molecular weight is 325 g/mol. The van der Waals surface area contributed by atoms with Crippen molar-refractivity contribution < 1.29 is 4.79 Å². The summed E-state index contributed by atoms with van der Waals surface area (Å²) in [5.74, 6) is 0.0175. The summed E-state index contributed by atoms with van der Waals surface area (Å²) in [7, 11) is 1.97. The van der Waals surface area contributed by atoms with Gasteiger partial charge in [-0.2, -0.15) is 0 Å². The molecule has 2 rings (SSSR count). The maximum Gasteiger partial charge on any atom is 0.238 e. The van der Waals surface area contributed by atoms with Crippen LogP contribution in [-0.2, 0) is 16.6 Å². The van der Waals surface area contributed by atoms with E-state index in [2.05, 4.69) is 37.1 Å². The standard InChI is InChI=1S/C20H27N3O/c1-20(2,3)17-7-5-6-8-18(17)22-19(24)15-23(4)14-11-16-9-12-21-13-10-16/h5-10,12-13H,11,14-15H2,1-4H3,(H,22,24). The van der Waals surface area contributed by atoms with Crippen LogP contribution in [-0.4, -0.2) is 35.9 Å². The Kier molecular flexibility index (Phi) is 6.10. The summed E-state index contributed by atoms with van der Waals surface area (Å²) >= 11 is 0. The normalized spacial score (nSPS) is 11.5. The van der Waals surface area contributed by atoms with Gasteiger partial charge in [0.25, 0.3) is 0 Å². The fourth-order valence-electron chi connectivity index (χ4n) is 2.63. The van der Waals surface area contributed by atoms with Crippen molar-refractivity contribution in [2.75, 3.05) is 25.5 Å². The number of likely N-dealkylation sites (N-methyl/N-ethyl adjacent to an activating group) is 1. The monoisotopic (exact) mass is 325 g/mol. The SMILES string of the molecule is CN(CCc1ccncc1)CC(=O)Nc1ccccc1C(C)(C)C. The molecular weight excluding hydrogens is 298 g/mol. The molecule has 0 aliphatic carbocycles. The highest BCUT2D eigenvalue weighted by molar-refractivity contribution is 5.93. The van der Waals surface area contributed by atoms with E-state index < -0.39 is 0 Å². The molecule has 0 spiro atoms. The summed E-state index contributed by atoms with van der Waals surface area (Å²) in [4.78, 5) is 18.4. The molecule has 1 heterocycles. The fourth-order valence-corrected chi connectivity index (χ4v) is 2.63. The van der Waals surface area contributed by atoms with Crippen LogP contribution in [0.15, 0.2) is 48.8 Å². The number of benzene rings is 1. The molecule has 128 valence electrons. The summed E-state index contributed by atoms with van der Waals surface area (Å²) in [5, 5.41) is 3.06. The number of anilines is 1. The second kappa shape index (κ2) is 8.06. The fraction of sp³-hybridized carbons (Fsp3) is 0.400. The van der Waals surface area contributed by atoms with E-state index >= 15 is 0 Å². The van der Waals surface area contributed by atoms with Gasteiger partial charge in [0.1, 0.15) is 0 Å². The summed E-state index contributed by atoms with van der Waals surface area (Å²) in [6.07, 6.45) is 4.50. The predicted molar refractivity (Wildman–Crippen MR) is 99.2 cm³/mol. The zero-order chi connectivity index (χ0) is 17.6. The van der Waals surface area contributed by atoms with E-state index in [1.54, 1.807) is 12.4 Å². The van der Waals surface area contributed by atoms with Crippen molar-refractivity contribution >= 4 is 11.6 Å². The van der Waals surface area contributed by atoms with Gasteiger partial charge in [-0.05, 0) is 48.2 Å². The number of carbonyl (C=O) groups is 1. The Balaban J connectivity index is 1.89. The molecule has 0 bridgehead atoms. The molecule has 1 amide bonds. The minimum Gasteiger partial charge on any atom is -0.325 e. The van der Waals surface area contributed by atoms with Crippen molar-refractivity contribution in [2.24, 2.45) is 0 Å². The van der Waals surface area contributed by atoms with Crippen LogP contribution in [0.1, 0.15) is 31.9 Å². The first-order valence-electron chi connectivity index (χ1n) is 8.33. The Bertz CT molecular complexity index is 662. The van der Waals surface area contributed by atoms with E-state index in [0.717, 1.165) is 24.2 Å². The van der Waals surface area contributed by atoms with Crippen molar-refractivity contribution in [3.8, 4) is 0 Å². The highest BCUT2D eigenvalue weighted by Crippen LogP contribution is 2.29. The predicted octanol–water partition coefficient (Wildman–Crippen LogP) is 3.49. The minimum absolute atomic E-state index is 0.00286. The zero-order valence-electron chi connectivity index (χ0n) is 15.0. The number of amides is 1. The Morgan fingerprint density at radius 2 is 1.79 bits per heavy atom. The number of aromatic nitrogens is 1. The molecule has 24 heavy (non-hydrogen) atoms. The molecule has 0 fully saturated rings. The van der Waals surface area contributed by atoms with Gasteiger partial charge in [0, 0.05) is 24.6 Å². The van der Waals surface area contributed by atoms with Crippen molar-refractivity contribution in [3.05, 3.63) is 59.9 Å². The molecule has 0 atom stereocenters. The van der Waals surface area contributed by atoms with Crippen molar-refractivity contribution in [2.45, 2.75) is 32.6 Å². The lowest BCUT2D eigenvalue weighted by Gasteiger charge is -2.23. The Morgan fingerprint density at radius 1 is 1.12 bits per heavy atom. The van der Waals surface area contributed by atoms with Crippen molar-refractivity contribution in [3.63, 3.8) is 0 Å². The number of para-hydroxylation sites is 1. The first-order valence-corrected chi connectivity index (χ1v) is 8.33. The first kappa shape index (κ1) is 18.1. The largest absolute Gasteiger partial charge is 0.325 e. The number of nitrogens with zero attached hydrogens (tertiary/aromatic N) is 2. The molecular formula is C20H27N3O. The van der Waals surface area contributed by atoms with Gasteiger partial charge >= 0.3 is 0 Å². The average Bonchev–Trinajstić information content (AvgIpc) is 2.53. The Morgan fingerprint density at radius 3 is 2.46 bits per heavy atom. The molecule has 0 unspecified atom stereocenters. The lowest BCUT2D eigenvalue weighted by Crippen LogP contribution is -2.32. The van der Waals surface area contributed by atoms with E-state index in [0.29, 0.717) is 6.54 Å². The van der Waals surface area contributed by atoms with Gasteiger partial charge in [0.2, 0.25) is 5.91 Å². The number of hydrogen-bond acceptors (Lipinski definition) is 3. The highest BCUT2D eigenvalue weighted by atomic mass is 16.2. The third-order valence-electron chi connectivity index (χ3n) is 3.95. The minimum atomic E-state index is -0.00286. The molecule has 1 aromatic heterocycles. The molecule has 1 N–H and O–H groups in total.